The normalized spacial score (nSPS) is 17.9. The first-order chi connectivity index (χ1) is 14.9. The summed E-state index contributed by atoms with van der Waals surface area (Å²) in [6.07, 6.45) is 0.486. The highest BCUT2D eigenvalue weighted by Crippen LogP contribution is 2.33. The van der Waals surface area contributed by atoms with Crippen LogP contribution in [0.15, 0.2) is 72.8 Å². The first-order valence-electron chi connectivity index (χ1n) is 10.7. The molecule has 0 saturated carbocycles. The molecule has 1 atom stereocenters. The molecule has 0 aliphatic carbocycles. The number of carbonyl (C=O) groups excluding carboxylic acids is 2. The molecule has 0 saturated heterocycles. The summed E-state index contributed by atoms with van der Waals surface area (Å²) in [5, 5.41) is 3.09. The van der Waals surface area contributed by atoms with Gasteiger partial charge in [0.25, 0.3) is 5.91 Å². The molecule has 2 amide bonds. The molecule has 1 aliphatic heterocycles. The minimum atomic E-state index is -0.973. The lowest BCUT2D eigenvalue weighted by atomic mass is 9.82. The van der Waals surface area contributed by atoms with Gasteiger partial charge in [-0.25, -0.2) is 0 Å². The summed E-state index contributed by atoms with van der Waals surface area (Å²) in [7, 11) is 0. The zero-order chi connectivity index (χ0) is 22.0. The summed E-state index contributed by atoms with van der Waals surface area (Å²) >= 11 is 0. The van der Waals surface area contributed by atoms with E-state index < -0.39 is 5.54 Å². The number of hydrogen-bond acceptors (Lipinski definition) is 2. The molecule has 4 heteroatoms. The summed E-state index contributed by atoms with van der Waals surface area (Å²) in [6, 6.07) is 23.7. The number of amides is 2. The largest absolute Gasteiger partial charge is 0.350 e. The predicted molar refractivity (Wildman–Crippen MR) is 123 cm³/mol. The second-order valence-corrected chi connectivity index (χ2v) is 8.59. The fourth-order valence-corrected chi connectivity index (χ4v) is 4.22. The van der Waals surface area contributed by atoms with Crippen LogP contribution in [-0.4, -0.2) is 22.3 Å². The third-order valence-corrected chi connectivity index (χ3v) is 6.27. The van der Waals surface area contributed by atoms with E-state index in [-0.39, 0.29) is 11.8 Å². The molecule has 0 radical (unpaired) electrons. The summed E-state index contributed by atoms with van der Waals surface area (Å²) in [5.74, 6) is -0.235. The Morgan fingerprint density at radius 2 is 1.65 bits per heavy atom. The Balaban J connectivity index is 1.65. The summed E-state index contributed by atoms with van der Waals surface area (Å²) < 4.78 is 0. The fraction of sp³-hybridized carbons (Fsp3) is 0.259. The average molecular weight is 413 g/mol. The van der Waals surface area contributed by atoms with Crippen LogP contribution in [0.1, 0.15) is 45.1 Å². The van der Waals surface area contributed by atoms with Crippen LogP contribution in [0.4, 0.5) is 0 Å². The second kappa shape index (κ2) is 8.38. The summed E-state index contributed by atoms with van der Waals surface area (Å²) in [5.41, 5.74) is 5.01. The number of hydrogen-bond donors (Lipinski definition) is 1. The van der Waals surface area contributed by atoms with E-state index in [0.717, 1.165) is 27.8 Å². The van der Waals surface area contributed by atoms with Gasteiger partial charge in [-0.15, -0.1) is 0 Å². The van der Waals surface area contributed by atoms with Crippen LogP contribution in [0.25, 0.3) is 0 Å². The zero-order valence-corrected chi connectivity index (χ0v) is 18.3. The van der Waals surface area contributed by atoms with Gasteiger partial charge in [-0.1, -0.05) is 72.3 Å². The summed E-state index contributed by atoms with van der Waals surface area (Å²) in [4.78, 5) is 28.7. The van der Waals surface area contributed by atoms with Crippen LogP contribution in [-0.2, 0) is 24.3 Å². The van der Waals surface area contributed by atoms with Gasteiger partial charge in [0.15, 0.2) is 0 Å². The van der Waals surface area contributed by atoms with Gasteiger partial charge in [0.05, 0.1) is 0 Å². The molecule has 0 bridgehead atoms. The lowest BCUT2D eigenvalue weighted by molar-refractivity contribution is -0.132. The zero-order valence-electron chi connectivity index (χ0n) is 18.3. The van der Waals surface area contributed by atoms with E-state index in [1.807, 2.05) is 93.6 Å². The molecular weight excluding hydrogens is 384 g/mol. The third-order valence-electron chi connectivity index (χ3n) is 6.27. The predicted octanol–water partition coefficient (Wildman–Crippen LogP) is 4.58. The van der Waals surface area contributed by atoms with Crippen molar-refractivity contribution in [3.8, 4) is 0 Å². The van der Waals surface area contributed by atoms with Crippen molar-refractivity contribution in [2.24, 2.45) is 0 Å². The van der Waals surface area contributed by atoms with Crippen molar-refractivity contribution in [1.82, 2.24) is 10.2 Å². The minimum absolute atomic E-state index is 0.101. The monoisotopic (exact) mass is 412 g/mol. The van der Waals surface area contributed by atoms with Gasteiger partial charge in [0.2, 0.25) is 5.91 Å². The number of nitrogens with zero attached hydrogens (tertiary/aromatic N) is 1. The molecule has 4 rings (SSSR count). The molecule has 0 aromatic heterocycles. The average Bonchev–Trinajstić information content (AvgIpc) is 2.77. The van der Waals surface area contributed by atoms with E-state index in [4.69, 9.17) is 0 Å². The summed E-state index contributed by atoms with van der Waals surface area (Å²) in [6.45, 7) is 6.78. The van der Waals surface area contributed by atoms with Crippen LogP contribution >= 0.6 is 0 Å². The Morgan fingerprint density at radius 1 is 0.968 bits per heavy atom. The number of aryl methyl sites for hydroxylation is 2. The van der Waals surface area contributed by atoms with Gasteiger partial charge < -0.3 is 10.2 Å². The first-order valence-corrected chi connectivity index (χ1v) is 10.7. The van der Waals surface area contributed by atoms with Gasteiger partial charge in [0, 0.05) is 25.1 Å². The number of rotatable bonds is 5. The fourth-order valence-electron chi connectivity index (χ4n) is 4.22. The molecular formula is C27H28N2O2. The number of carbonyl (C=O) groups is 2. The number of nitrogens with one attached hydrogen (secondary N) is 1. The van der Waals surface area contributed by atoms with Gasteiger partial charge >= 0.3 is 0 Å². The second-order valence-electron chi connectivity index (χ2n) is 8.59. The third kappa shape index (κ3) is 4.11. The molecule has 0 spiro atoms. The highest BCUT2D eigenvalue weighted by Gasteiger charge is 2.46. The number of benzene rings is 3. The van der Waals surface area contributed by atoms with E-state index in [1.165, 1.54) is 0 Å². The van der Waals surface area contributed by atoms with Gasteiger partial charge in [-0.3, -0.25) is 9.59 Å². The molecule has 31 heavy (non-hydrogen) atoms. The molecule has 158 valence electrons. The van der Waals surface area contributed by atoms with Crippen molar-refractivity contribution in [3.63, 3.8) is 0 Å². The van der Waals surface area contributed by atoms with Gasteiger partial charge in [0.1, 0.15) is 5.54 Å². The maximum atomic E-state index is 13.5. The van der Waals surface area contributed by atoms with Crippen LogP contribution < -0.4 is 5.32 Å². The molecule has 0 unspecified atom stereocenters. The Labute approximate surface area is 183 Å². The van der Waals surface area contributed by atoms with Crippen molar-refractivity contribution in [1.29, 1.82) is 0 Å². The van der Waals surface area contributed by atoms with Crippen LogP contribution in [0.5, 0.6) is 0 Å². The molecule has 1 heterocycles. The highest BCUT2D eigenvalue weighted by molar-refractivity contribution is 6.02. The molecule has 3 aromatic carbocycles. The Morgan fingerprint density at radius 3 is 2.39 bits per heavy atom. The van der Waals surface area contributed by atoms with Crippen LogP contribution in [0.3, 0.4) is 0 Å². The Bertz CT molecular complexity index is 1120. The molecule has 1 N–H and O–H groups in total. The maximum absolute atomic E-state index is 13.5. The lowest BCUT2D eigenvalue weighted by Crippen LogP contribution is -2.62. The van der Waals surface area contributed by atoms with Crippen molar-refractivity contribution in [3.05, 3.63) is 106 Å². The van der Waals surface area contributed by atoms with Gasteiger partial charge in [-0.2, -0.15) is 0 Å². The maximum Gasteiger partial charge on any atom is 0.255 e. The van der Waals surface area contributed by atoms with E-state index in [2.05, 4.69) is 5.32 Å². The van der Waals surface area contributed by atoms with Crippen molar-refractivity contribution < 1.29 is 9.59 Å². The van der Waals surface area contributed by atoms with E-state index in [9.17, 15) is 9.59 Å². The molecule has 3 aromatic rings. The minimum Gasteiger partial charge on any atom is -0.350 e. The smallest absolute Gasteiger partial charge is 0.255 e. The van der Waals surface area contributed by atoms with Crippen LogP contribution in [0.2, 0.25) is 0 Å². The lowest BCUT2D eigenvalue weighted by Gasteiger charge is -2.44. The standard InChI is InChI=1S/C27H28N2O2/c1-19-12-14-21(15-13-19)18-29-25(30)24-11-7-6-9-22(24)16-27(29,3)26(31)28-17-23-10-5-4-8-20(23)2/h4-15H,16-18H2,1-3H3,(H,28,31)/t27-/m1/s1. The SMILES string of the molecule is Cc1ccc(CN2C(=O)c3ccccc3C[C@]2(C)C(=O)NCc2ccccc2C)cc1. The number of fused-ring (bicyclic) bond motifs is 1. The van der Waals surface area contributed by atoms with E-state index in [0.29, 0.717) is 25.1 Å². The van der Waals surface area contributed by atoms with Crippen molar-refractivity contribution >= 4 is 11.8 Å². The Kier molecular flexibility index (Phi) is 5.64. The topological polar surface area (TPSA) is 49.4 Å². The van der Waals surface area contributed by atoms with Crippen molar-refractivity contribution in [2.75, 3.05) is 0 Å². The Hall–Kier alpha value is -3.40. The van der Waals surface area contributed by atoms with Crippen molar-refractivity contribution in [2.45, 2.75) is 45.8 Å². The highest BCUT2D eigenvalue weighted by atomic mass is 16.2. The van der Waals surface area contributed by atoms with E-state index >= 15 is 0 Å². The van der Waals surface area contributed by atoms with Crippen LogP contribution in [0, 0.1) is 13.8 Å². The molecule has 4 nitrogen and oxygen atoms in total. The molecule has 0 fully saturated rings. The quantitative estimate of drug-likeness (QED) is 0.667. The first kappa shape index (κ1) is 20.9. The molecule has 1 aliphatic rings. The van der Waals surface area contributed by atoms with Gasteiger partial charge in [-0.05, 0) is 49.1 Å². The van der Waals surface area contributed by atoms with E-state index in [1.54, 1.807) is 4.90 Å².